The molecular weight excluding hydrogens is 318 g/mol. The maximum atomic E-state index is 12.8. The van der Waals surface area contributed by atoms with E-state index in [1.807, 2.05) is 27.7 Å². The zero-order valence-corrected chi connectivity index (χ0v) is 16.6. The molecule has 0 fully saturated rings. The van der Waals surface area contributed by atoms with Crippen molar-refractivity contribution in [3.8, 4) is 0 Å². The van der Waals surface area contributed by atoms with Crippen molar-refractivity contribution in [2.24, 2.45) is 16.2 Å². The van der Waals surface area contributed by atoms with E-state index in [-0.39, 0.29) is 16.8 Å². The van der Waals surface area contributed by atoms with Crippen LogP contribution in [0.25, 0.3) is 0 Å². The van der Waals surface area contributed by atoms with Crippen LogP contribution in [0.15, 0.2) is 24.3 Å². The SMILES string of the molecule is COC(=O)c1ccc(NOC(=O)C(C)(CC(C)(C)C)C(C)(C)C)cc1. The summed E-state index contributed by atoms with van der Waals surface area (Å²) in [6.45, 7) is 14.4. The van der Waals surface area contributed by atoms with Crippen molar-refractivity contribution < 1.29 is 19.2 Å². The number of nitrogens with one attached hydrogen (secondary N) is 1. The van der Waals surface area contributed by atoms with Gasteiger partial charge in [0.15, 0.2) is 0 Å². The molecule has 1 rings (SSSR count). The van der Waals surface area contributed by atoms with Gasteiger partial charge in [-0.2, -0.15) is 0 Å². The molecule has 0 saturated carbocycles. The van der Waals surface area contributed by atoms with Crippen LogP contribution in [-0.4, -0.2) is 19.0 Å². The van der Waals surface area contributed by atoms with Crippen LogP contribution in [0.5, 0.6) is 0 Å². The molecule has 1 aromatic rings. The number of rotatable bonds is 5. The van der Waals surface area contributed by atoms with E-state index >= 15 is 0 Å². The first kappa shape index (κ1) is 21.0. The Hall–Kier alpha value is -2.04. The van der Waals surface area contributed by atoms with Crippen LogP contribution in [0.1, 0.15) is 65.2 Å². The lowest BCUT2D eigenvalue weighted by Gasteiger charge is -2.43. The fourth-order valence-electron chi connectivity index (χ4n) is 2.71. The van der Waals surface area contributed by atoms with Crippen molar-refractivity contribution in [1.82, 2.24) is 0 Å². The number of ether oxygens (including phenoxy) is 1. The van der Waals surface area contributed by atoms with E-state index in [1.54, 1.807) is 24.3 Å². The van der Waals surface area contributed by atoms with Crippen LogP contribution in [0, 0.1) is 16.2 Å². The van der Waals surface area contributed by atoms with Crippen molar-refractivity contribution in [3.05, 3.63) is 29.8 Å². The standard InChI is InChI=1S/C20H31NO4/c1-18(2,3)13-20(7,19(4,5)6)17(23)25-21-15-11-9-14(10-12-15)16(22)24-8/h9-12,21H,13H2,1-8H3. The summed E-state index contributed by atoms with van der Waals surface area (Å²) < 4.78 is 4.66. The number of anilines is 1. The molecule has 0 saturated heterocycles. The summed E-state index contributed by atoms with van der Waals surface area (Å²) in [7, 11) is 1.33. The van der Waals surface area contributed by atoms with Gasteiger partial charge in [-0.05, 0) is 48.4 Å². The van der Waals surface area contributed by atoms with Gasteiger partial charge in [0.2, 0.25) is 0 Å². The van der Waals surface area contributed by atoms with E-state index in [9.17, 15) is 9.59 Å². The summed E-state index contributed by atoms with van der Waals surface area (Å²) in [6.07, 6.45) is 0.700. The fraction of sp³-hybridized carbons (Fsp3) is 0.600. The Labute approximate surface area is 151 Å². The van der Waals surface area contributed by atoms with E-state index < -0.39 is 11.4 Å². The van der Waals surface area contributed by atoms with Gasteiger partial charge in [0, 0.05) is 0 Å². The summed E-state index contributed by atoms with van der Waals surface area (Å²) in [5, 5.41) is 0. The van der Waals surface area contributed by atoms with Crippen molar-refractivity contribution in [2.45, 2.75) is 54.9 Å². The molecule has 0 bridgehead atoms. The highest BCUT2D eigenvalue weighted by Gasteiger charge is 2.48. The molecule has 5 heteroatoms. The second kappa shape index (κ2) is 7.46. The van der Waals surface area contributed by atoms with Gasteiger partial charge >= 0.3 is 11.9 Å². The smallest absolute Gasteiger partial charge is 0.338 e. The first-order chi connectivity index (χ1) is 11.3. The molecule has 5 nitrogen and oxygen atoms in total. The highest BCUT2D eigenvalue weighted by molar-refractivity contribution is 5.89. The number of methoxy groups -OCH3 is 1. The van der Waals surface area contributed by atoms with Crippen LogP contribution in [0.4, 0.5) is 5.69 Å². The molecule has 25 heavy (non-hydrogen) atoms. The molecular formula is C20H31NO4. The van der Waals surface area contributed by atoms with E-state index in [4.69, 9.17) is 4.84 Å². The molecule has 0 aliphatic rings. The average Bonchev–Trinajstić information content (AvgIpc) is 2.49. The first-order valence-electron chi connectivity index (χ1n) is 8.46. The molecule has 1 unspecified atom stereocenters. The minimum absolute atomic E-state index is 0.0107. The molecule has 1 N–H and O–H groups in total. The van der Waals surface area contributed by atoms with Gasteiger partial charge in [0.1, 0.15) is 0 Å². The molecule has 0 heterocycles. The number of carbonyl (C=O) groups excluding carboxylic acids is 2. The first-order valence-corrected chi connectivity index (χ1v) is 8.46. The van der Waals surface area contributed by atoms with Crippen molar-refractivity contribution in [1.29, 1.82) is 0 Å². The topological polar surface area (TPSA) is 64.6 Å². The fourth-order valence-corrected chi connectivity index (χ4v) is 2.71. The lowest BCUT2D eigenvalue weighted by Crippen LogP contribution is -2.44. The second-order valence-corrected chi connectivity index (χ2v) is 8.88. The molecule has 1 atom stereocenters. The van der Waals surface area contributed by atoms with Gasteiger partial charge in [-0.15, -0.1) is 0 Å². The van der Waals surface area contributed by atoms with Crippen molar-refractivity contribution in [3.63, 3.8) is 0 Å². The van der Waals surface area contributed by atoms with Crippen LogP contribution < -0.4 is 5.48 Å². The second-order valence-electron chi connectivity index (χ2n) is 8.88. The van der Waals surface area contributed by atoms with E-state index in [0.29, 0.717) is 17.7 Å². The summed E-state index contributed by atoms with van der Waals surface area (Å²) in [4.78, 5) is 29.7. The third kappa shape index (κ3) is 5.48. The monoisotopic (exact) mass is 349 g/mol. The van der Waals surface area contributed by atoms with Gasteiger partial charge in [0.25, 0.3) is 0 Å². The molecule has 0 spiro atoms. The van der Waals surface area contributed by atoms with Crippen LogP contribution >= 0.6 is 0 Å². The third-order valence-electron chi connectivity index (χ3n) is 4.56. The van der Waals surface area contributed by atoms with Gasteiger partial charge in [-0.1, -0.05) is 41.5 Å². The quantitative estimate of drug-likeness (QED) is 0.609. The Morgan fingerprint density at radius 3 is 1.88 bits per heavy atom. The van der Waals surface area contributed by atoms with Crippen molar-refractivity contribution in [2.75, 3.05) is 12.6 Å². The molecule has 0 radical (unpaired) electrons. The predicted molar refractivity (Wildman–Crippen MR) is 99.1 cm³/mol. The number of hydrogen-bond acceptors (Lipinski definition) is 5. The maximum Gasteiger partial charge on any atom is 0.338 e. The normalized spacial score (nSPS) is 14.4. The Bertz CT molecular complexity index is 608. The van der Waals surface area contributed by atoms with Gasteiger partial charge in [-0.3, -0.25) is 0 Å². The Morgan fingerprint density at radius 1 is 0.960 bits per heavy atom. The molecule has 0 aliphatic heterocycles. The number of esters is 1. The lowest BCUT2D eigenvalue weighted by atomic mass is 9.61. The van der Waals surface area contributed by atoms with E-state index in [2.05, 4.69) is 31.0 Å². The Balaban J connectivity index is 2.86. The molecule has 0 aromatic heterocycles. The van der Waals surface area contributed by atoms with Gasteiger partial charge in [-0.25, -0.2) is 15.1 Å². The van der Waals surface area contributed by atoms with E-state index in [1.165, 1.54) is 7.11 Å². The van der Waals surface area contributed by atoms with Crippen LogP contribution in [0.3, 0.4) is 0 Å². The third-order valence-corrected chi connectivity index (χ3v) is 4.56. The average molecular weight is 349 g/mol. The van der Waals surface area contributed by atoms with Gasteiger partial charge < -0.3 is 9.57 Å². The highest BCUT2D eigenvalue weighted by atomic mass is 16.7. The highest BCUT2D eigenvalue weighted by Crippen LogP contribution is 2.47. The number of hydrogen-bond donors (Lipinski definition) is 1. The lowest BCUT2D eigenvalue weighted by molar-refractivity contribution is -0.161. The number of carbonyl (C=O) groups is 2. The zero-order valence-electron chi connectivity index (χ0n) is 16.6. The maximum absolute atomic E-state index is 12.8. The summed E-state index contributed by atoms with van der Waals surface area (Å²) in [5.74, 6) is -0.707. The molecule has 0 amide bonds. The predicted octanol–water partition coefficient (Wildman–Crippen LogP) is 4.83. The molecule has 1 aromatic carbocycles. The summed E-state index contributed by atoms with van der Waals surface area (Å²) in [5.41, 5.74) is 2.80. The van der Waals surface area contributed by atoms with E-state index in [0.717, 1.165) is 0 Å². The Morgan fingerprint density at radius 2 is 1.48 bits per heavy atom. The summed E-state index contributed by atoms with van der Waals surface area (Å²) in [6, 6.07) is 6.55. The van der Waals surface area contributed by atoms with Gasteiger partial charge in [0.05, 0.1) is 23.8 Å². The zero-order chi connectivity index (χ0) is 19.5. The Kier molecular flexibility index (Phi) is 6.27. The van der Waals surface area contributed by atoms with Crippen LogP contribution in [-0.2, 0) is 14.4 Å². The number of benzene rings is 1. The minimum Gasteiger partial charge on any atom is -0.465 e. The minimum atomic E-state index is -0.649. The van der Waals surface area contributed by atoms with Crippen molar-refractivity contribution >= 4 is 17.6 Å². The largest absolute Gasteiger partial charge is 0.465 e. The summed E-state index contributed by atoms with van der Waals surface area (Å²) >= 11 is 0. The molecule has 0 aliphatic carbocycles. The van der Waals surface area contributed by atoms with Crippen LogP contribution in [0.2, 0.25) is 0 Å². The molecule has 140 valence electrons.